The van der Waals surface area contributed by atoms with Gasteiger partial charge in [-0.25, -0.2) is 0 Å². The molecule has 1 aliphatic heterocycles. The minimum absolute atomic E-state index is 0.00909. The fourth-order valence-electron chi connectivity index (χ4n) is 0.989. The summed E-state index contributed by atoms with van der Waals surface area (Å²) in [5.41, 5.74) is 0. The number of esters is 1. The van der Waals surface area contributed by atoms with Crippen LogP contribution in [0.1, 0.15) is 26.2 Å². The summed E-state index contributed by atoms with van der Waals surface area (Å²) in [4.78, 5) is 10.5. The Morgan fingerprint density at radius 3 is 2.90 bits per heavy atom. The molecule has 1 heterocycles. The van der Waals surface area contributed by atoms with E-state index in [-0.39, 0.29) is 26.9 Å². The SMILES string of the molecule is CC(=O)OC1CCCC[Te]1. The van der Waals surface area contributed by atoms with Crippen LogP contribution in [0.15, 0.2) is 0 Å². The number of ether oxygens (including phenoxy) is 1. The summed E-state index contributed by atoms with van der Waals surface area (Å²) in [6.45, 7) is 1.50. The molecule has 0 aliphatic carbocycles. The fraction of sp³-hybridized carbons (Fsp3) is 0.857. The summed E-state index contributed by atoms with van der Waals surface area (Å²) in [7, 11) is 0. The van der Waals surface area contributed by atoms with Crippen molar-refractivity contribution in [3.8, 4) is 0 Å². The van der Waals surface area contributed by atoms with Gasteiger partial charge in [-0.1, -0.05) is 0 Å². The van der Waals surface area contributed by atoms with E-state index in [1.54, 1.807) is 0 Å². The zero-order chi connectivity index (χ0) is 7.40. The number of hydrogen-bond acceptors (Lipinski definition) is 2. The standard InChI is InChI=1S/C7H12O2Te/c1-6(8)9-7-4-2-3-5-10-7/h7H,2-5H2,1H3. The molecule has 1 fully saturated rings. The topological polar surface area (TPSA) is 26.3 Å². The van der Waals surface area contributed by atoms with Crippen LogP contribution in [-0.2, 0) is 9.53 Å². The molecule has 1 saturated heterocycles. The van der Waals surface area contributed by atoms with Gasteiger partial charge < -0.3 is 0 Å². The molecule has 3 heteroatoms. The molecule has 1 rings (SSSR count). The van der Waals surface area contributed by atoms with Gasteiger partial charge in [0, 0.05) is 0 Å². The Balaban J connectivity index is 2.19. The Morgan fingerprint density at radius 1 is 1.60 bits per heavy atom. The van der Waals surface area contributed by atoms with Gasteiger partial charge in [-0.05, 0) is 0 Å². The molecule has 0 amide bonds. The quantitative estimate of drug-likeness (QED) is 0.520. The molecule has 1 unspecified atom stereocenters. The molecule has 0 saturated carbocycles. The van der Waals surface area contributed by atoms with E-state index in [0.29, 0.717) is 4.15 Å². The minimum atomic E-state index is -0.1000. The van der Waals surface area contributed by atoms with Crippen LogP contribution < -0.4 is 0 Å². The monoisotopic (exact) mass is 258 g/mol. The number of rotatable bonds is 1. The molecule has 0 bridgehead atoms. The number of carbonyl (C=O) groups is 1. The van der Waals surface area contributed by atoms with Crippen molar-refractivity contribution >= 4 is 26.9 Å². The van der Waals surface area contributed by atoms with Gasteiger partial charge in [0.15, 0.2) is 0 Å². The second kappa shape index (κ2) is 4.20. The number of hydrogen-bond donors (Lipinski definition) is 0. The van der Waals surface area contributed by atoms with Crippen molar-refractivity contribution in [3.63, 3.8) is 0 Å². The van der Waals surface area contributed by atoms with Gasteiger partial charge in [-0.3, -0.25) is 0 Å². The normalized spacial score (nSPS) is 25.9. The van der Waals surface area contributed by atoms with E-state index in [2.05, 4.69) is 0 Å². The summed E-state index contributed by atoms with van der Waals surface area (Å²) in [6, 6.07) is 0. The van der Waals surface area contributed by atoms with E-state index in [0.717, 1.165) is 6.42 Å². The van der Waals surface area contributed by atoms with Crippen molar-refractivity contribution in [2.24, 2.45) is 0 Å². The summed E-state index contributed by atoms with van der Waals surface area (Å²) in [5, 5.41) is 0. The van der Waals surface area contributed by atoms with E-state index in [1.807, 2.05) is 0 Å². The number of carbonyl (C=O) groups excluding carboxylic acids is 1. The first-order valence-corrected chi connectivity index (χ1v) is 6.57. The van der Waals surface area contributed by atoms with Gasteiger partial charge in [0.25, 0.3) is 0 Å². The molecular formula is C7H12O2Te. The van der Waals surface area contributed by atoms with Crippen molar-refractivity contribution in [2.45, 2.75) is 34.8 Å². The van der Waals surface area contributed by atoms with Crippen molar-refractivity contribution in [1.29, 1.82) is 0 Å². The molecule has 1 atom stereocenters. The first-order valence-electron chi connectivity index (χ1n) is 3.58. The van der Waals surface area contributed by atoms with Crippen molar-refractivity contribution < 1.29 is 9.53 Å². The predicted molar refractivity (Wildman–Crippen MR) is 40.0 cm³/mol. The van der Waals surface area contributed by atoms with E-state index in [9.17, 15) is 4.79 Å². The summed E-state index contributed by atoms with van der Waals surface area (Å²) in [5.74, 6) is -0.1000. The van der Waals surface area contributed by atoms with Gasteiger partial charge >= 0.3 is 71.2 Å². The van der Waals surface area contributed by atoms with Gasteiger partial charge in [0.2, 0.25) is 0 Å². The van der Waals surface area contributed by atoms with Crippen LogP contribution in [0.4, 0.5) is 0 Å². The third-order valence-electron chi connectivity index (χ3n) is 1.44. The molecule has 0 spiro atoms. The van der Waals surface area contributed by atoms with Crippen LogP contribution in [-0.4, -0.2) is 31.0 Å². The molecular weight excluding hydrogens is 244 g/mol. The van der Waals surface area contributed by atoms with Gasteiger partial charge in [-0.15, -0.1) is 0 Å². The maximum absolute atomic E-state index is 10.5. The van der Waals surface area contributed by atoms with Crippen molar-refractivity contribution in [3.05, 3.63) is 0 Å². The van der Waals surface area contributed by atoms with E-state index in [4.69, 9.17) is 4.74 Å². The van der Waals surface area contributed by atoms with Crippen LogP contribution in [0.5, 0.6) is 0 Å². The Morgan fingerprint density at radius 2 is 2.40 bits per heavy atom. The molecule has 1 aliphatic rings. The Hall–Kier alpha value is 0.260. The fourth-order valence-corrected chi connectivity index (χ4v) is 4.33. The third kappa shape index (κ3) is 2.90. The molecule has 10 heavy (non-hydrogen) atoms. The molecule has 2 nitrogen and oxygen atoms in total. The molecule has 0 aromatic rings. The Bertz CT molecular complexity index is 119. The van der Waals surface area contributed by atoms with Crippen molar-refractivity contribution in [2.75, 3.05) is 0 Å². The molecule has 0 aromatic heterocycles. The van der Waals surface area contributed by atoms with Gasteiger partial charge in [0.1, 0.15) is 0 Å². The predicted octanol–water partition coefficient (Wildman–Crippen LogP) is 1.18. The molecule has 0 aromatic carbocycles. The van der Waals surface area contributed by atoms with Gasteiger partial charge in [0.05, 0.1) is 0 Å². The first kappa shape index (κ1) is 8.36. The van der Waals surface area contributed by atoms with Crippen LogP contribution >= 0.6 is 0 Å². The summed E-state index contributed by atoms with van der Waals surface area (Å²) < 4.78 is 6.82. The molecule has 0 N–H and O–H groups in total. The summed E-state index contributed by atoms with van der Waals surface area (Å²) in [6.07, 6.45) is 3.74. The Kier molecular flexibility index (Phi) is 3.51. The second-order valence-electron chi connectivity index (χ2n) is 2.41. The Labute approximate surface area is 71.4 Å². The second-order valence-corrected chi connectivity index (χ2v) is 6.02. The average molecular weight is 256 g/mol. The molecule has 58 valence electrons. The van der Waals surface area contributed by atoms with E-state index < -0.39 is 0 Å². The van der Waals surface area contributed by atoms with Gasteiger partial charge in [-0.2, -0.15) is 0 Å². The van der Waals surface area contributed by atoms with Crippen molar-refractivity contribution in [1.82, 2.24) is 0 Å². The zero-order valence-corrected chi connectivity index (χ0v) is 8.46. The molecule has 0 radical (unpaired) electrons. The van der Waals surface area contributed by atoms with Crippen LogP contribution in [0.2, 0.25) is 4.47 Å². The third-order valence-corrected chi connectivity index (χ3v) is 4.94. The van der Waals surface area contributed by atoms with Crippen LogP contribution in [0, 0.1) is 0 Å². The maximum atomic E-state index is 10.5. The van der Waals surface area contributed by atoms with Crippen LogP contribution in [0.3, 0.4) is 0 Å². The zero-order valence-electron chi connectivity index (χ0n) is 6.13. The van der Waals surface area contributed by atoms with E-state index >= 15 is 0 Å². The van der Waals surface area contributed by atoms with Crippen LogP contribution in [0.25, 0.3) is 0 Å². The average Bonchev–Trinajstić information content (AvgIpc) is 1.88. The summed E-state index contributed by atoms with van der Waals surface area (Å²) >= 11 is 0.00909. The first-order chi connectivity index (χ1) is 4.79. The van der Waals surface area contributed by atoms with E-state index in [1.165, 1.54) is 24.2 Å².